The van der Waals surface area contributed by atoms with E-state index < -0.39 is 21.0 Å². The molecule has 2 rings (SSSR count). The number of nitrogens with zero attached hydrogens (tertiary/aromatic N) is 1. The Labute approximate surface area is 144 Å². The van der Waals surface area contributed by atoms with Crippen LogP contribution >= 0.6 is 22.7 Å². The highest BCUT2D eigenvalue weighted by Gasteiger charge is 2.29. The normalized spacial score (nSPS) is 13.2. The molecule has 1 N–H and O–H groups in total. The molecule has 0 saturated heterocycles. The van der Waals surface area contributed by atoms with Gasteiger partial charge in [0.15, 0.2) is 9.84 Å². The fraction of sp³-hybridized carbons (Fsp3) is 0.467. The summed E-state index contributed by atoms with van der Waals surface area (Å²) in [5.41, 5.74) is 0.488. The maximum absolute atomic E-state index is 12.4. The van der Waals surface area contributed by atoms with Crippen molar-refractivity contribution in [1.29, 1.82) is 0 Å². The van der Waals surface area contributed by atoms with Gasteiger partial charge in [-0.15, -0.1) is 22.7 Å². The van der Waals surface area contributed by atoms with Crippen LogP contribution in [0.4, 0.5) is 0 Å². The van der Waals surface area contributed by atoms with Crippen molar-refractivity contribution in [2.75, 3.05) is 6.54 Å². The molecule has 0 spiro atoms. The van der Waals surface area contributed by atoms with Gasteiger partial charge >= 0.3 is 0 Å². The van der Waals surface area contributed by atoms with E-state index in [-0.39, 0.29) is 11.7 Å². The van der Waals surface area contributed by atoms with Crippen LogP contribution in [0.2, 0.25) is 0 Å². The molecule has 0 radical (unpaired) electrons. The molecule has 8 heteroatoms. The minimum absolute atomic E-state index is 0.217. The molecule has 0 saturated carbocycles. The number of nitrogens with one attached hydrogen (secondary N) is 1. The first-order valence-corrected chi connectivity index (χ1v) is 10.7. The number of carbonyl (C=O) groups excluding carboxylic acids is 1. The van der Waals surface area contributed by atoms with Gasteiger partial charge in [-0.05, 0) is 24.3 Å². The van der Waals surface area contributed by atoms with E-state index in [4.69, 9.17) is 0 Å². The van der Waals surface area contributed by atoms with Crippen LogP contribution in [-0.2, 0) is 20.4 Å². The van der Waals surface area contributed by atoms with E-state index >= 15 is 0 Å². The third kappa shape index (κ3) is 4.86. The third-order valence-electron chi connectivity index (χ3n) is 3.23. The summed E-state index contributed by atoms with van der Waals surface area (Å²) >= 11 is 2.98. The molecular weight excluding hydrogens is 352 g/mol. The second-order valence-electron chi connectivity index (χ2n) is 5.71. The largest absolute Gasteiger partial charge is 0.355 e. The fourth-order valence-corrected chi connectivity index (χ4v) is 4.79. The number of sulfone groups is 1. The highest BCUT2D eigenvalue weighted by atomic mass is 32.2. The van der Waals surface area contributed by atoms with Gasteiger partial charge in [0.1, 0.15) is 10.3 Å². The second kappa shape index (κ2) is 7.55. The molecule has 0 aliphatic heterocycles. The maximum atomic E-state index is 12.4. The van der Waals surface area contributed by atoms with Crippen molar-refractivity contribution < 1.29 is 13.2 Å². The summed E-state index contributed by atoms with van der Waals surface area (Å²) in [5, 5.41) is 6.09. The zero-order valence-electron chi connectivity index (χ0n) is 13.3. The lowest BCUT2D eigenvalue weighted by molar-refractivity contribution is -0.120. The lowest BCUT2D eigenvalue weighted by atomic mass is 10.2. The molecule has 0 aliphatic carbocycles. The molecule has 1 unspecified atom stereocenters. The number of hydrogen-bond donors (Lipinski definition) is 1. The van der Waals surface area contributed by atoms with Crippen LogP contribution in [0.1, 0.15) is 26.5 Å². The maximum Gasteiger partial charge on any atom is 0.238 e. The summed E-state index contributed by atoms with van der Waals surface area (Å²) < 4.78 is 24.8. The van der Waals surface area contributed by atoms with Crippen molar-refractivity contribution in [2.45, 2.75) is 31.8 Å². The lowest BCUT2D eigenvalue weighted by Gasteiger charge is -2.13. The highest BCUT2D eigenvalue weighted by molar-refractivity contribution is 7.92. The molecule has 126 valence electrons. The van der Waals surface area contributed by atoms with Crippen LogP contribution in [0.5, 0.6) is 0 Å². The Kier molecular flexibility index (Phi) is 5.94. The lowest BCUT2D eigenvalue weighted by Crippen LogP contribution is -2.39. The first-order valence-electron chi connectivity index (χ1n) is 7.27. The molecule has 23 heavy (non-hydrogen) atoms. The molecule has 2 heterocycles. The molecule has 0 aromatic carbocycles. The Hall–Kier alpha value is -1.25. The smallest absolute Gasteiger partial charge is 0.238 e. The summed E-state index contributed by atoms with van der Waals surface area (Å²) in [6.07, 6.45) is 0. The van der Waals surface area contributed by atoms with E-state index in [9.17, 15) is 13.2 Å². The van der Waals surface area contributed by atoms with Gasteiger partial charge in [0.25, 0.3) is 0 Å². The number of aromatic nitrogens is 1. The van der Waals surface area contributed by atoms with Crippen molar-refractivity contribution in [3.05, 3.63) is 28.6 Å². The molecule has 2 aromatic heterocycles. The summed E-state index contributed by atoms with van der Waals surface area (Å²) in [7, 11) is -3.58. The van der Waals surface area contributed by atoms with Crippen molar-refractivity contribution in [1.82, 2.24) is 10.3 Å². The first kappa shape index (κ1) is 18.1. The second-order valence-corrected chi connectivity index (χ2v) is 9.84. The predicted octanol–water partition coefficient (Wildman–Crippen LogP) is 2.95. The van der Waals surface area contributed by atoms with Gasteiger partial charge < -0.3 is 5.32 Å². The van der Waals surface area contributed by atoms with Gasteiger partial charge in [0.05, 0.1) is 16.3 Å². The monoisotopic (exact) mass is 372 g/mol. The third-order valence-corrected chi connectivity index (χ3v) is 7.14. The molecule has 0 bridgehead atoms. The van der Waals surface area contributed by atoms with Crippen molar-refractivity contribution in [3.8, 4) is 9.88 Å². The zero-order valence-corrected chi connectivity index (χ0v) is 15.7. The van der Waals surface area contributed by atoms with Crippen LogP contribution in [0, 0.1) is 5.92 Å². The Morgan fingerprint density at radius 3 is 2.65 bits per heavy atom. The summed E-state index contributed by atoms with van der Waals surface area (Å²) in [6.45, 7) is 5.82. The van der Waals surface area contributed by atoms with E-state index in [1.54, 1.807) is 16.7 Å². The number of rotatable bonds is 7. The first-order chi connectivity index (χ1) is 10.8. The predicted molar refractivity (Wildman–Crippen MR) is 95.4 cm³/mol. The SMILES string of the molecule is CC(C)CNC(=O)C(C)S(=O)(=O)Cc1csc(-c2cccs2)n1. The molecule has 2 aromatic rings. The molecule has 0 aliphatic rings. The number of thiophene rings is 1. The summed E-state index contributed by atoms with van der Waals surface area (Å²) in [4.78, 5) is 17.4. The minimum atomic E-state index is -3.58. The Balaban J connectivity index is 2.04. The average Bonchev–Trinajstić information content (AvgIpc) is 3.14. The Morgan fingerprint density at radius 1 is 1.30 bits per heavy atom. The van der Waals surface area contributed by atoms with E-state index in [1.807, 2.05) is 31.4 Å². The van der Waals surface area contributed by atoms with Gasteiger partial charge in [0, 0.05) is 11.9 Å². The van der Waals surface area contributed by atoms with Crippen LogP contribution in [-0.4, -0.2) is 31.1 Å². The minimum Gasteiger partial charge on any atom is -0.355 e. The molecule has 1 atom stereocenters. The van der Waals surface area contributed by atoms with E-state index in [0.717, 1.165) is 9.88 Å². The van der Waals surface area contributed by atoms with Crippen molar-refractivity contribution in [2.24, 2.45) is 5.92 Å². The van der Waals surface area contributed by atoms with Crippen LogP contribution in [0.15, 0.2) is 22.9 Å². The summed E-state index contributed by atoms with van der Waals surface area (Å²) in [6, 6.07) is 3.88. The van der Waals surface area contributed by atoms with Gasteiger partial charge in [-0.2, -0.15) is 0 Å². The Bertz CT molecular complexity index is 749. The van der Waals surface area contributed by atoms with Gasteiger partial charge in [-0.1, -0.05) is 19.9 Å². The quantitative estimate of drug-likeness (QED) is 0.811. The topological polar surface area (TPSA) is 76.1 Å². The van der Waals surface area contributed by atoms with Crippen LogP contribution in [0.25, 0.3) is 9.88 Å². The van der Waals surface area contributed by atoms with Crippen molar-refractivity contribution >= 4 is 38.4 Å². The Morgan fingerprint density at radius 2 is 2.04 bits per heavy atom. The van der Waals surface area contributed by atoms with Crippen LogP contribution < -0.4 is 5.32 Å². The molecule has 5 nitrogen and oxygen atoms in total. The number of thiazole rings is 1. The number of hydrogen-bond acceptors (Lipinski definition) is 6. The van der Waals surface area contributed by atoms with E-state index in [2.05, 4.69) is 10.3 Å². The average molecular weight is 373 g/mol. The molecule has 0 fully saturated rings. The van der Waals surface area contributed by atoms with Gasteiger partial charge in [-0.3, -0.25) is 4.79 Å². The fourth-order valence-electron chi connectivity index (χ4n) is 1.83. The molecule has 1 amide bonds. The summed E-state index contributed by atoms with van der Waals surface area (Å²) in [5.74, 6) is -0.390. The van der Waals surface area contributed by atoms with E-state index in [1.165, 1.54) is 18.3 Å². The van der Waals surface area contributed by atoms with Crippen LogP contribution in [0.3, 0.4) is 0 Å². The molecular formula is C15H20N2O3S3. The van der Waals surface area contributed by atoms with E-state index in [0.29, 0.717) is 12.2 Å². The van der Waals surface area contributed by atoms with Gasteiger partial charge in [0.2, 0.25) is 5.91 Å². The standard InChI is InChI=1S/C15H20N2O3S3/c1-10(2)7-16-14(18)11(3)23(19,20)9-12-8-22-15(17-12)13-5-4-6-21-13/h4-6,8,10-11H,7,9H2,1-3H3,(H,16,18). The highest BCUT2D eigenvalue weighted by Crippen LogP contribution is 2.28. The number of carbonyl (C=O) groups is 1. The van der Waals surface area contributed by atoms with Crippen molar-refractivity contribution in [3.63, 3.8) is 0 Å². The zero-order chi connectivity index (χ0) is 17.0. The number of amides is 1. The van der Waals surface area contributed by atoms with Gasteiger partial charge in [-0.25, -0.2) is 13.4 Å².